The summed E-state index contributed by atoms with van der Waals surface area (Å²) < 4.78 is 34.2. The number of hydrogen-bond acceptors (Lipinski definition) is 4. The van der Waals surface area contributed by atoms with Gasteiger partial charge in [-0.3, -0.25) is 0 Å². The first kappa shape index (κ1) is 17.5. The number of nitrogens with one attached hydrogen (secondary N) is 1. The van der Waals surface area contributed by atoms with Gasteiger partial charge in [-0.15, -0.1) is 0 Å². The van der Waals surface area contributed by atoms with E-state index in [2.05, 4.69) is 4.72 Å². The molecule has 0 saturated heterocycles. The first-order valence-electron chi connectivity index (χ1n) is 7.77. The normalized spacial score (nSPS) is 13.1. The van der Waals surface area contributed by atoms with Gasteiger partial charge in [-0.05, 0) is 41.3 Å². The van der Waals surface area contributed by atoms with Gasteiger partial charge in [0.05, 0.1) is 18.1 Å². The Morgan fingerprint density at radius 2 is 2.00 bits per heavy atom. The number of benzene rings is 2. The Kier molecular flexibility index (Phi) is 4.80. The summed E-state index contributed by atoms with van der Waals surface area (Å²) in [5.41, 5.74) is 1.71. The maximum atomic E-state index is 12.4. The number of sulfonamides is 1. The molecule has 0 fully saturated rings. The van der Waals surface area contributed by atoms with Gasteiger partial charge < -0.3 is 14.4 Å². The summed E-state index contributed by atoms with van der Waals surface area (Å²) >= 11 is 0. The van der Waals surface area contributed by atoms with Crippen molar-refractivity contribution in [1.82, 2.24) is 9.29 Å². The van der Waals surface area contributed by atoms with Gasteiger partial charge in [0.15, 0.2) is 0 Å². The minimum atomic E-state index is -3.73. The highest BCUT2D eigenvalue weighted by Crippen LogP contribution is 2.22. The van der Waals surface area contributed by atoms with Crippen LogP contribution in [0.15, 0.2) is 59.6 Å². The Bertz CT molecular complexity index is 995. The molecule has 1 atom stereocenters. The van der Waals surface area contributed by atoms with Crippen molar-refractivity contribution in [1.29, 1.82) is 0 Å². The summed E-state index contributed by atoms with van der Waals surface area (Å²) in [5.74, 6) is 0.456. The van der Waals surface area contributed by atoms with E-state index in [0.29, 0.717) is 11.3 Å². The number of fused-ring (bicyclic) bond motifs is 1. The van der Waals surface area contributed by atoms with E-state index < -0.39 is 16.1 Å². The van der Waals surface area contributed by atoms with Gasteiger partial charge >= 0.3 is 0 Å². The van der Waals surface area contributed by atoms with E-state index in [-0.39, 0.29) is 11.4 Å². The molecule has 0 saturated carbocycles. The number of methoxy groups -OCH3 is 1. The van der Waals surface area contributed by atoms with Crippen molar-refractivity contribution in [2.75, 3.05) is 13.7 Å². The third-order valence-electron chi connectivity index (χ3n) is 4.11. The Morgan fingerprint density at radius 1 is 1.20 bits per heavy atom. The summed E-state index contributed by atoms with van der Waals surface area (Å²) in [6, 6.07) is 13.7. The van der Waals surface area contributed by atoms with Crippen LogP contribution in [0.25, 0.3) is 10.9 Å². The third-order valence-corrected chi connectivity index (χ3v) is 5.53. The van der Waals surface area contributed by atoms with Gasteiger partial charge in [-0.25, -0.2) is 13.1 Å². The molecule has 7 heteroatoms. The summed E-state index contributed by atoms with van der Waals surface area (Å²) in [7, 11) is -0.308. The minimum absolute atomic E-state index is 0.0950. The summed E-state index contributed by atoms with van der Waals surface area (Å²) in [6.45, 7) is -0.113. The Hall–Kier alpha value is -2.35. The second kappa shape index (κ2) is 6.87. The molecular formula is C18H20N2O4S. The zero-order chi connectivity index (χ0) is 18.0. The lowest BCUT2D eigenvalue weighted by atomic mass is 10.1. The van der Waals surface area contributed by atoms with E-state index in [9.17, 15) is 13.5 Å². The molecule has 2 aromatic carbocycles. The highest BCUT2D eigenvalue weighted by atomic mass is 32.2. The zero-order valence-electron chi connectivity index (χ0n) is 14.0. The van der Waals surface area contributed by atoms with Crippen LogP contribution < -0.4 is 9.46 Å². The first-order chi connectivity index (χ1) is 11.9. The van der Waals surface area contributed by atoms with Gasteiger partial charge in [0.1, 0.15) is 5.75 Å². The molecule has 0 aliphatic carbocycles. The second-order valence-corrected chi connectivity index (χ2v) is 7.56. The molecule has 1 heterocycles. The molecule has 3 rings (SSSR count). The molecule has 132 valence electrons. The minimum Gasteiger partial charge on any atom is -0.497 e. The van der Waals surface area contributed by atoms with E-state index in [1.54, 1.807) is 18.2 Å². The topological polar surface area (TPSA) is 80.6 Å². The Balaban J connectivity index is 1.74. The van der Waals surface area contributed by atoms with Crippen molar-refractivity contribution in [2.24, 2.45) is 7.05 Å². The Labute approximate surface area is 146 Å². The van der Waals surface area contributed by atoms with Crippen LogP contribution in [-0.2, 0) is 17.1 Å². The van der Waals surface area contributed by atoms with Crippen molar-refractivity contribution < 1.29 is 18.3 Å². The fraction of sp³-hybridized carbons (Fsp3) is 0.222. The molecule has 0 bridgehead atoms. The fourth-order valence-electron chi connectivity index (χ4n) is 2.67. The lowest BCUT2D eigenvalue weighted by molar-refractivity contribution is 0.182. The molecule has 0 aliphatic heterocycles. The molecule has 0 radical (unpaired) electrons. The number of aliphatic hydroxyl groups excluding tert-OH is 1. The van der Waals surface area contributed by atoms with Crippen molar-refractivity contribution in [3.8, 4) is 5.75 Å². The highest BCUT2D eigenvalue weighted by molar-refractivity contribution is 7.89. The number of aromatic nitrogens is 1. The van der Waals surface area contributed by atoms with Crippen LogP contribution in [0.1, 0.15) is 11.7 Å². The summed E-state index contributed by atoms with van der Waals surface area (Å²) in [6.07, 6.45) is 0.997. The summed E-state index contributed by atoms with van der Waals surface area (Å²) in [5, 5.41) is 11.3. The number of nitrogens with zero attached hydrogens (tertiary/aromatic N) is 1. The lowest BCUT2D eigenvalue weighted by Crippen LogP contribution is -2.28. The van der Waals surface area contributed by atoms with Crippen LogP contribution in [0.2, 0.25) is 0 Å². The van der Waals surface area contributed by atoms with Crippen molar-refractivity contribution >= 4 is 20.9 Å². The SMILES string of the molecule is COc1cccc(S(=O)(=O)NCC(O)c2ccc3c(ccn3C)c2)c1. The smallest absolute Gasteiger partial charge is 0.240 e. The molecule has 6 nitrogen and oxygen atoms in total. The number of aryl methyl sites for hydroxylation is 1. The zero-order valence-corrected chi connectivity index (χ0v) is 14.8. The second-order valence-electron chi connectivity index (χ2n) is 5.79. The molecule has 0 spiro atoms. The quantitative estimate of drug-likeness (QED) is 0.706. The molecule has 0 aliphatic rings. The molecular weight excluding hydrogens is 340 g/mol. The largest absolute Gasteiger partial charge is 0.497 e. The highest BCUT2D eigenvalue weighted by Gasteiger charge is 2.17. The molecule has 3 aromatic rings. The van der Waals surface area contributed by atoms with Crippen molar-refractivity contribution in [3.05, 3.63) is 60.3 Å². The van der Waals surface area contributed by atoms with Gasteiger partial charge in [0.2, 0.25) is 10.0 Å². The molecule has 1 aromatic heterocycles. The predicted molar refractivity (Wildman–Crippen MR) is 96.1 cm³/mol. The van der Waals surface area contributed by atoms with Crippen LogP contribution in [0.5, 0.6) is 5.75 Å². The van der Waals surface area contributed by atoms with Gasteiger partial charge in [0, 0.05) is 31.4 Å². The standard InChI is InChI=1S/C18H20N2O4S/c1-20-9-8-13-10-14(6-7-17(13)20)18(21)12-19-25(22,23)16-5-3-4-15(11-16)24-2/h3-11,18-19,21H,12H2,1-2H3. The number of aliphatic hydroxyl groups is 1. The maximum Gasteiger partial charge on any atom is 0.240 e. The van der Waals surface area contributed by atoms with Crippen molar-refractivity contribution in [3.63, 3.8) is 0 Å². The number of ether oxygens (including phenoxy) is 1. The van der Waals surface area contributed by atoms with E-state index in [4.69, 9.17) is 4.74 Å². The molecule has 0 amide bonds. The van der Waals surface area contributed by atoms with Crippen LogP contribution >= 0.6 is 0 Å². The molecule has 25 heavy (non-hydrogen) atoms. The maximum absolute atomic E-state index is 12.4. The summed E-state index contributed by atoms with van der Waals surface area (Å²) in [4.78, 5) is 0.0950. The predicted octanol–water partition coefficient (Wildman–Crippen LogP) is 2.20. The van der Waals surface area contributed by atoms with Crippen LogP contribution in [-0.4, -0.2) is 31.7 Å². The number of rotatable bonds is 6. The lowest BCUT2D eigenvalue weighted by Gasteiger charge is -2.13. The van der Waals surface area contributed by atoms with E-state index >= 15 is 0 Å². The average Bonchev–Trinajstić information content (AvgIpc) is 3.00. The third kappa shape index (κ3) is 3.68. The van der Waals surface area contributed by atoms with E-state index in [0.717, 1.165) is 10.9 Å². The monoisotopic (exact) mass is 360 g/mol. The fourth-order valence-corrected chi connectivity index (χ4v) is 3.74. The number of hydrogen-bond donors (Lipinski definition) is 2. The molecule has 2 N–H and O–H groups in total. The van der Waals surface area contributed by atoms with Gasteiger partial charge in [0.25, 0.3) is 0 Å². The Morgan fingerprint density at radius 3 is 2.76 bits per heavy atom. The van der Waals surface area contributed by atoms with Gasteiger partial charge in [-0.1, -0.05) is 12.1 Å². The average molecular weight is 360 g/mol. The van der Waals surface area contributed by atoms with E-state index in [1.807, 2.05) is 36.0 Å². The first-order valence-corrected chi connectivity index (χ1v) is 9.26. The van der Waals surface area contributed by atoms with Gasteiger partial charge in [-0.2, -0.15) is 0 Å². The van der Waals surface area contributed by atoms with Crippen LogP contribution in [0.3, 0.4) is 0 Å². The molecule has 1 unspecified atom stereocenters. The van der Waals surface area contributed by atoms with Crippen LogP contribution in [0.4, 0.5) is 0 Å². The van der Waals surface area contributed by atoms with Crippen LogP contribution in [0, 0.1) is 0 Å². The van der Waals surface area contributed by atoms with Crippen molar-refractivity contribution in [2.45, 2.75) is 11.0 Å². The van der Waals surface area contributed by atoms with E-state index in [1.165, 1.54) is 19.2 Å².